The molecule has 3 fully saturated rings. The molecule has 2 saturated heterocycles. The lowest BCUT2D eigenvalue weighted by Gasteiger charge is -2.32. The van der Waals surface area contributed by atoms with Crippen molar-refractivity contribution in [2.45, 2.75) is 96.4 Å². The number of ether oxygens (including phenoxy) is 1. The van der Waals surface area contributed by atoms with Crippen LogP contribution < -0.4 is 5.46 Å². The van der Waals surface area contributed by atoms with Crippen molar-refractivity contribution in [1.82, 2.24) is 4.90 Å². The largest absolute Gasteiger partial charge is 0.495 e. The van der Waals surface area contributed by atoms with Crippen molar-refractivity contribution in [3.8, 4) is 0 Å². The maximum Gasteiger partial charge on any atom is 0.495 e. The lowest BCUT2D eigenvalue weighted by Crippen LogP contribution is -2.41. The molecular formula is C24H36BNO4. The molecule has 2 heterocycles. The van der Waals surface area contributed by atoms with Crippen LogP contribution in [0, 0.1) is 0 Å². The molecule has 1 aromatic rings. The van der Waals surface area contributed by atoms with Crippen LogP contribution in [0.5, 0.6) is 0 Å². The van der Waals surface area contributed by atoms with Gasteiger partial charge in [-0.3, -0.25) is 0 Å². The number of rotatable bonds is 3. The van der Waals surface area contributed by atoms with Gasteiger partial charge < -0.3 is 18.9 Å². The molecule has 164 valence electrons. The van der Waals surface area contributed by atoms with Gasteiger partial charge in [0.15, 0.2) is 0 Å². The minimum Gasteiger partial charge on any atom is -0.444 e. The highest BCUT2D eigenvalue weighted by atomic mass is 16.7. The van der Waals surface area contributed by atoms with Crippen LogP contribution in [0.4, 0.5) is 4.79 Å². The first-order valence-electron chi connectivity index (χ1n) is 11.3. The van der Waals surface area contributed by atoms with Gasteiger partial charge in [0.05, 0.1) is 11.2 Å². The minimum absolute atomic E-state index is 0.217. The van der Waals surface area contributed by atoms with Crippen molar-refractivity contribution < 1.29 is 18.8 Å². The Balaban J connectivity index is 1.55. The van der Waals surface area contributed by atoms with Gasteiger partial charge in [-0.25, -0.2) is 4.79 Å². The molecule has 2 aliphatic heterocycles. The molecule has 5 nitrogen and oxygen atoms in total. The zero-order chi connectivity index (χ0) is 21.9. The van der Waals surface area contributed by atoms with Gasteiger partial charge in [0.2, 0.25) is 0 Å². The molecule has 1 atom stereocenters. The average molecular weight is 413 g/mol. The summed E-state index contributed by atoms with van der Waals surface area (Å²) in [5, 5.41) is 0. The van der Waals surface area contributed by atoms with Crippen LogP contribution in [0.1, 0.15) is 90.7 Å². The van der Waals surface area contributed by atoms with E-state index in [1.54, 1.807) is 0 Å². The monoisotopic (exact) mass is 413 g/mol. The Morgan fingerprint density at radius 2 is 1.70 bits per heavy atom. The highest BCUT2D eigenvalue weighted by Gasteiger charge is 2.52. The molecule has 1 amide bonds. The zero-order valence-electron chi connectivity index (χ0n) is 19.6. The molecular weight excluding hydrogens is 377 g/mol. The summed E-state index contributed by atoms with van der Waals surface area (Å²) in [6.07, 6.45) is 3.21. The maximum atomic E-state index is 12.5. The van der Waals surface area contributed by atoms with Crippen LogP contribution in [0.15, 0.2) is 18.2 Å². The normalized spacial score (nSPS) is 25.6. The van der Waals surface area contributed by atoms with Crippen LogP contribution in [0.2, 0.25) is 0 Å². The summed E-state index contributed by atoms with van der Waals surface area (Å²) in [4.78, 5) is 14.3. The van der Waals surface area contributed by atoms with Gasteiger partial charge in [-0.1, -0.05) is 18.2 Å². The lowest BCUT2D eigenvalue weighted by molar-refractivity contribution is 0.00578. The first-order valence-corrected chi connectivity index (χ1v) is 11.3. The molecule has 3 aliphatic rings. The van der Waals surface area contributed by atoms with Gasteiger partial charge in [-0.15, -0.1) is 0 Å². The van der Waals surface area contributed by atoms with Crippen LogP contribution in [-0.2, 0) is 14.0 Å². The number of nitrogens with zero attached hydrogens (tertiary/aromatic N) is 1. The third-order valence-electron chi connectivity index (χ3n) is 6.95. The van der Waals surface area contributed by atoms with Crippen molar-refractivity contribution in [3.05, 3.63) is 29.3 Å². The van der Waals surface area contributed by atoms with Gasteiger partial charge in [0.25, 0.3) is 0 Å². The number of hydrogen-bond acceptors (Lipinski definition) is 4. The summed E-state index contributed by atoms with van der Waals surface area (Å²) in [5.41, 5.74) is 2.62. The molecule has 0 aromatic heterocycles. The van der Waals surface area contributed by atoms with Crippen LogP contribution in [0.25, 0.3) is 0 Å². The van der Waals surface area contributed by atoms with Gasteiger partial charge in [-0.05, 0) is 90.2 Å². The Morgan fingerprint density at radius 3 is 2.27 bits per heavy atom. The molecule has 1 aliphatic carbocycles. The fourth-order valence-electron chi connectivity index (χ4n) is 4.31. The molecule has 1 aromatic carbocycles. The molecule has 0 spiro atoms. The van der Waals surface area contributed by atoms with Crippen LogP contribution in [-0.4, -0.2) is 48.0 Å². The van der Waals surface area contributed by atoms with E-state index in [1.165, 1.54) is 29.4 Å². The van der Waals surface area contributed by atoms with E-state index in [4.69, 9.17) is 14.0 Å². The van der Waals surface area contributed by atoms with Gasteiger partial charge in [0.1, 0.15) is 5.60 Å². The first kappa shape index (κ1) is 21.7. The van der Waals surface area contributed by atoms with E-state index in [-0.39, 0.29) is 24.4 Å². The van der Waals surface area contributed by atoms with Gasteiger partial charge in [-0.2, -0.15) is 0 Å². The predicted octanol–water partition coefficient (Wildman–Crippen LogP) is 4.59. The molecule has 0 N–H and O–H groups in total. The first-order chi connectivity index (χ1) is 13.9. The van der Waals surface area contributed by atoms with Crippen molar-refractivity contribution >= 4 is 18.7 Å². The Hall–Kier alpha value is -1.53. The summed E-state index contributed by atoms with van der Waals surface area (Å²) in [5.74, 6) is 0.932. The van der Waals surface area contributed by atoms with Crippen LogP contribution >= 0.6 is 0 Å². The van der Waals surface area contributed by atoms with E-state index < -0.39 is 5.60 Å². The van der Waals surface area contributed by atoms with E-state index in [2.05, 4.69) is 45.9 Å². The van der Waals surface area contributed by atoms with E-state index in [0.717, 1.165) is 13.0 Å². The van der Waals surface area contributed by atoms with Gasteiger partial charge >= 0.3 is 13.2 Å². The fourth-order valence-corrected chi connectivity index (χ4v) is 4.31. The molecule has 4 rings (SSSR count). The summed E-state index contributed by atoms with van der Waals surface area (Å²) in [6, 6.07) is 6.79. The number of benzene rings is 1. The SMILES string of the molecule is CC(C)(C)OC(=O)N1CCC(c2ccc(C3CC3)c(B3OC(C)(C)C(C)(C)O3)c2)C1. The molecule has 0 radical (unpaired) electrons. The Kier molecular flexibility index (Phi) is 5.26. The topological polar surface area (TPSA) is 48.0 Å². The second kappa shape index (κ2) is 7.27. The van der Waals surface area contributed by atoms with E-state index >= 15 is 0 Å². The quantitative estimate of drug-likeness (QED) is 0.681. The third-order valence-corrected chi connectivity index (χ3v) is 6.95. The number of hydrogen-bond donors (Lipinski definition) is 0. The second-order valence-electron chi connectivity index (χ2n) is 11.2. The molecule has 0 bridgehead atoms. The lowest BCUT2D eigenvalue weighted by atomic mass is 9.73. The molecule has 1 saturated carbocycles. The molecule has 6 heteroatoms. The maximum absolute atomic E-state index is 12.5. The third kappa shape index (κ3) is 4.26. The molecule has 1 unspecified atom stereocenters. The van der Waals surface area contributed by atoms with Crippen LogP contribution in [0.3, 0.4) is 0 Å². The Morgan fingerprint density at radius 1 is 1.07 bits per heavy atom. The average Bonchev–Trinajstić information content (AvgIpc) is 3.28. The summed E-state index contributed by atoms with van der Waals surface area (Å²) >= 11 is 0. The number of carbonyl (C=O) groups is 1. The Labute approximate surface area is 181 Å². The summed E-state index contributed by atoms with van der Waals surface area (Å²) in [6.45, 7) is 15.6. The van der Waals surface area contributed by atoms with E-state index in [0.29, 0.717) is 18.4 Å². The van der Waals surface area contributed by atoms with Crippen molar-refractivity contribution in [3.63, 3.8) is 0 Å². The number of amides is 1. The van der Waals surface area contributed by atoms with Gasteiger partial charge in [0, 0.05) is 19.0 Å². The predicted molar refractivity (Wildman–Crippen MR) is 119 cm³/mol. The minimum atomic E-state index is -0.467. The second-order valence-corrected chi connectivity index (χ2v) is 11.2. The highest BCUT2D eigenvalue weighted by molar-refractivity contribution is 6.62. The van der Waals surface area contributed by atoms with E-state index in [9.17, 15) is 4.79 Å². The highest BCUT2D eigenvalue weighted by Crippen LogP contribution is 2.42. The van der Waals surface area contributed by atoms with Crippen molar-refractivity contribution in [1.29, 1.82) is 0 Å². The smallest absolute Gasteiger partial charge is 0.444 e. The standard InChI is InChI=1S/C24H36BNO4/c1-22(2,3)28-21(27)26-13-12-18(15-26)17-10-11-19(16-8-9-16)20(14-17)25-29-23(4,5)24(6,7)30-25/h10-11,14,16,18H,8-9,12-13,15H2,1-7H3. The van der Waals surface area contributed by atoms with Crippen molar-refractivity contribution in [2.24, 2.45) is 0 Å². The molecule has 30 heavy (non-hydrogen) atoms. The Bertz CT molecular complexity index is 809. The summed E-state index contributed by atoms with van der Waals surface area (Å²) in [7, 11) is -0.339. The fraction of sp³-hybridized carbons (Fsp3) is 0.708. The zero-order valence-corrected chi connectivity index (χ0v) is 19.6. The summed E-state index contributed by atoms with van der Waals surface area (Å²) < 4.78 is 18.4. The van der Waals surface area contributed by atoms with Crippen molar-refractivity contribution in [2.75, 3.05) is 13.1 Å². The number of likely N-dealkylation sites (tertiary alicyclic amines) is 1. The van der Waals surface area contributed by atoms with E-state index in [1.807, 2.05) is 25.7 Å². The number of carbonyl (C=O) groups excluding carboxylic acids is 1.